The second-order valence-electron chi connectivity index (χ2n) is 6.35. The van der Waals surface area contributed by atoms with Gasteiger partial charge in [0.25, 0.3) is 0 Å². The molecule has 0 amide bonds. The van der Waals surface area contributed by atoms with Crippen LogP contribution in [0.1, 0.15) is 41.5 Å². The fourth-order valence-corrected chi connectivity index (χ4v) is 2.44. The highest BCUT2D eigenvalue weighted by Gasteiger charge is 2.64. The van der Waals surface area contributed by atoms with Crippen LogP contribution >= 0.6 is 0 Å². The Kier molecular flexibility index (Phi) is 3.52. The minimum absolute atomic E-state index is 0.411. The molecule has 0 aromatic heterocycles. The molecule has 1 aliphatic carbocycles. The van der Waals surface area contributed by atoms with Gasteiger partial charge >= 0.3 is 0 Å². The summed E-state index contributed by atoms with van der Waals surface area (Å²) in [5, 5.41) is 3.75. The fraction of sp³-hybridized carbons (Fsp3) is 1.00. The van der Waals surface area contributed by atoms with Crippen molar-refractivity contribution in [1.29, 1.82) is 0 Å². The van der Waals surface area contributed by atoms with Crippen molar-refractivity contribution < 1.29 is 4.74 Å². The van der Waals surface area contributed by atoms with E-state index in [1.807, 2.05) is 0 Å². The highest BCUT2D eigenvalue weighted by atomic mass is 16.5. The zero-order valence-corrected chi connectivity index (χ0v) is 11.3. The maximum Gasteiger partial charge on any atom is 0.0618 e. The quantitative estimate of drug-likeness (QED) is 0.758. The van der Waals surface area contributed by atoms with Crippen LogP contribution in [0.4, 0.5) is 0 Å². The highest BCUT2D eigenvalue weighted by Crippen LogP contribution is 2.62. The van der Waals surface area contributed by atoms with E-state index in [-0.39, 0.29) is 0 Å². The molecular formula is C13H27NO. The van der Waals surface area contributed by atoms with Gasteiger partial charge < -0.3 is 10.1 Å². The van der Waals surface area contributed by atoms with Crippen LogP contribution in [0.15, 0.2) is 0 Å². The van der Waals surface area contributed by atoms with Gasteiger partial charge in [0.2, 0.25) is 0 Å². The molecule has 15 heavy (non-hydrogen) atoms. The number of hydrogen-bond donors (Lipinski definition) is 1. The predicted molar refractivity (Wildman–Crippen MR) is 65.0 cm³/mol. The highest BCUT2D eigenvalue weighted by molar-refractivity contribution is 5.18. The van der Waals surface area contributed by atoms with Gasteiger partial charge in [-0.05, 0) is 16.7 Å². The molecule has 0 aromatic carbocycles. The molecule has 1 rings (SSSR count). The lowest BCUT2D eigenvalue weighted by molar-refractivity contribution is 0.143. The molecule has 0 radical (unpaired) electrons. The van der Waals surface area contributed by atoms with E-state index in [4.69, 9.17) is 4.74 Å². The van der Waals surface area contributed by atoms with Crippen molar-refractivity contribution in [2.75, 3.05) is 13.7 Å². The lowest BCUT2D eigenvalue weighted by Crippen LogP contribution is -2.41. The Labute approximate surface area is 94.8 Å². The predicted octanol–water partition coefficient (Wildman–Crippen LogP) is 2.68. The van der Waals surface area contributed by atoms with Gasteiger partial charge in [-0.1, -0.05) is 41.5 Å². The second kappa shape index (κ2) is 4.06. The monoisotopic (exact) mass is 213 g/mol. The molecule has 1 fully saturated rings. The van der Waals surface area contributed by atoms with E-state index in [1.54, 1.807) is 7.11 Å². The number of methoxy groups -OCH3 is 1. The van der Waals surface area contributed by atoms with Crippen molar-refractivity contribution in [2.45, 2.75) is 53.6 Å². The third-order valence-corrected chi connectivity index (χ3v) is 4.55. The molecular weight excluding hydrogens is 186 g/mol. The summed E-state index contributed by atoms with van der Waals surface area (Å²) in [4.78, 5) is 0. The van der Waals surface area contributed by atoms with E-state index in [1.165, 1.54) is 0 Å². The van der Waals surface area contributed by atoms with Crippen molar-refractivity contribution in [1.82, 2.24) is 5.32 Å². The van der Waals surface area contributed by atoms with Crippen LogP contribution in [0.3, 0.4) is 0 Å². The van der Waals surface area contributed by atoms with E-state index in [2.05, 4.69) is 46.9 Å². The molecule has 0 spiro atoms. The van der Waals surface area contributed by atoms with E-state index < -0.39 is 0 Å². The molecule has 1 N–H and O–H groups in total. The summed E-state index contributed by atoms with van der Waals surface area (Å²) in [5.74, 6) is 0.622. The van der Waals surface area contributed by atoms with Crippen molar-refractivity contribution >= 4 is 0 Å². The molecule has 0 heterocycles. The lowest BCUT2D eigenvalue weighted by atomic mass is 10.0. The van der Waals surface area contributed by atoms with Gasteiger partial charge in [0.1, 0.15) is 0 Å². The Morgan fingerprint density at radius 3 is 1.87 bits per heavy atom. The summed E-state index contributed by atoms with van der Waals surface area (Å²) < 4.78 is 5.27. The first-order valence-corrected chi connectivity index (χ1v) is 6.00. The molecule has 2 nitrogen and oxygen atoms in total. The van der Waals surface area contributed by atoms with Crippen LogP contribution < -0.4 is 5.32 Å². The SMILES string of the molecule is COCC(NC1C(C)(C)C1(C)C)C(C)C. The number of rotatable bonds is 5. The zero-order valence-electron chi connectivity index (χ0n) is 11.3. The van der Waals surface area contributed by atoms with Gasteiger partial charge in [-0.3, -0.25) is 0 Å². The van der Waals surface area contributed by atoms with E-state index in [9.17, 15) is 0 Å². The molecule has 1 saturated carbocycles. The average Bonchev–Trinajstić information content (AvgIpc) is 2.46. The van der Waals surface area contributed by atoms with Crippen molar-refractivity contribution in [3.63, 3.8) is 0 Å². The van der Waals surface area contributed by atoms with Crippen LogP contribution in [-0.4, -0.2) is 25.8 Å². The van der Waals surface area contributed by atoms with Crippen LogP contribution in [0.2, 0.25) is 0 Å². The molecule has 0 aliphatic heterocycles. The Balaban J connectivity index is 2.55. The van der Waals surface area contributed by atoms with Gasteiger partial charge in [0.15, 0.2) is 0 Å². The van der Waals surface area contributed by atoms with Crippen molar-refractivity contribution in [3.8, 4) is 0 Å². The number of hydrogen-bond acceptors (Lipinski definition) is 2. The first-order chi connectivity index (χ1) is 6.75. The molecule has 0 saturated heterocycles. The molecule has 0 bridgehead atoms. The summed E-state index contributed by atoms with van der Waals surface area (Å²) in [6, 6.07) is 1.09. The van der Waals surface area contributed by atoms with Crippen molar-refractivity contribution in [3.05, 3.63) is 0 Å². The average molecular weight is 213 g/mol. The zero-order chi connectivity index (χ0) is 11.9. The fourth-order valence-electron chi connectivity index (χ4n) is 2.44. The number of nitrogens with one attached hydrogen (secondary N) is 1. The maximum atomic E-state index is 5.27. The minimum atomic E-state index is 0.411. The lowest BCUT2D eigenvalue weighted by Gasteiger charge is -2.23. The van der Waals surface area contributed by atoms with Gasteiger partial charge in [0.05, 0.1) is 6.61 Å². The van der Waals surface area contributed by atoms with Gasteiger partial charge in [-0.15, -0.1) is 0 Å². The van der Waals surface area contributed by atoms with Crippen LogP contribution in [0, 0.1) is 16.7 Å². The third kappa shape index (κ3) is 2.21. The Bertz CT molecular complexity index is 207. The molecule has 2 heteroatoms. The van der Waals surface area contributed by atoms with E-state index in [0.29, 0.717) is 28.8 Å². The Hall–Kier alpha value is -0.0800. The minimum Gasteiger partial charge on any atom is -0.383 e. The van der Waals surface area contributed by atoms with Crippen LogP contribution in [0.5, 0.6) is 0 Å². The smallest absolute Gasteiger partial charge is 0.0618 e. The van der Waals surface area contributed by atoms with Crippen LogP contribution in [0.25, 0.3) is 0 Å². The largest absolute Gasteiger partial charge is 0.383 e. The number of ether oxygens (including phenoxy) is 1. The molecule has 1 aliphatic rings. The first kappa shape index (κ1) is 13.0. The summed E-state index contributed by atoms with van der Waals surface area (Å²) in [5.41, 5.74) is 0.821. The van der Waals surface area contributed by atoms with Gasteiger partial charge in [-0.25, -0.2) is 0 Å². The molecule has 1 unspecified atom stereocenters. The molecule has 0 aromatic rings. The summed E-state index contributed by atoms with van der Waals surface area (Å²) in [6.07, 6.45) is 0. The second-order valence-corrected chi connectivity index (χ2v) is 6.35. The van der Waals surface area contributed by atoms with Crippen molar-refractivity contribution in [2.24, 2.45) is 16.7 Å². The summed E-state index contributed by atoms with van der Waals surface area (Å²) in [6.45, 7) is 14.7. The Morgan fingerprint density at radius 2 is 1.60 bits per heavy atom. The molecule has 90 valence electrons. The topological polar surface area (TPSA) is 21.3 Å². The third-order valence-electron chi connectivity index (χ3n) is 4.55. The maximum absolute atomic E-state index is 5.27. The first-order valence-electron chi connectivity index (χ1n) is 6.00. The summed E-state index contributed by atoms with van der Waals surface area (Å²) in [7, 11) is 1.78. The molecule has 1 atom stereocenters. The Morgan fingerprint density at radius 1 is 1.13 bits per heavy atom. The van der Waals surface area contributed by atoms with Gasteiger partial charge in [0, 0.05) is 19.2 Å². The normalized spacial score (nSPS) is 25.6. The summed E-state index contributed by atoms with van der Waals surface area (Å²) >= 11 is 0. The standard InChI is InChI=1S/C13H27NO/c1-9(2)10(8-15-7)14-11-12(3,4)13(11,5)6/h9-11,14H,8H2,1-7H3. The van der Waals surface area contributed by atoms with E-state index in [0.717, 1.165) is 6.61 Å². The van der Waals surface area contributed by atoms with E-state index >= 15 is 0 Å². The van der Waals surface area contributed by atoms with Crippen LogP contribution in [-0.2, 0) is 4.74 Å². The van der Waals surface area contributed by atoms with Gasteiger partial charge in [-0.2, -0.15) is 0 Å².